The zero-order valence-corrected chi connectivity index (χ0v) is 6.23. The van der Waals surface area contributed by atoms with Gasteiger partial charge in [0.05, 0.1) is 0 Å². The molecule has 0 radical (unpaired) electrons. The fourth-order valence-corrected chi connectivity index (χ4v) is 0.478. The third-order valence-corrected chi connectivity index (χ3v) is 1.38. The van der Waals surface area contributed by atoms with Gasteiger partial charge < -0.3 is 10.2 Å². The van der Waals surface area contributed by atoms with Crippen LogP contribution in [-0.4, -0.2) is 46.4 Å². The monoisotopic (exact) mass is 114 g/mol. The van der Waals surface area contributed by atoms with Gasteiger partial charge in [-0.25, -0.2) is 0 Å². The molecule has 0 aliphatic carbocycles. The van der Waals surface area contributed by atoms with Crippen LogP contribution in [0.2, 0.25) is 0 Å². The summed E-state index contributed by atoms with van der Waals surface area (Å²) in [5.41, 5.74) is 0. The third kappa shape index (κ3) is 3.05. The van der Waals surface area contributed by atoms with Gasteiger partial charge in [0, 0.05) is 6.54 Å². The molecule has 0 aliphatic rings. The molecule has 1 N–H and O–H groups in total. The van der Waals surface area contributed by atoms with E-state index in [0.29, 0.717) is 5.94 Å². The standard InChI is InChI=1S/C5H15BN2/c1-7-4-5(6)8(2)3/h5,7H,4,6H2,1-3H3. The molecule has 0 fully saturated rings. The Bertz CT molecular complexity index is 56.4. The second kappa shape index (κ2) is 3.92. The minimum atomic E-state index is 0.639. The molecular weight excluding hydrogens is 98.9 g/mol. The predicted octanol–water partition coefficient (Wildman–Crippen LogP) is -1.27. The van der Waals surface area contributed by atoms with Crippen molar-refractivity contribution in [1.82, 2.24) is 10.2 Å². The minimum Gasteiger partial charge on any atom is -0.319 e. The van der Waals surface area contributed by atoms with E-state index in [9.17, 15) is 0 Å². The lowest BCUT2D eigenvalue weighted by atomic mass is 9.96. The van der Waals surface area contributed by atoms with Crippen molar-refractivity contribution >= 4 is 7.85 Å². The van der Waals surface area contributed by atoms with Crippen molar-refractivity contribution in [2.75, 3.05) is 27.7 Å². The second-order valence-electron chi connectivity index (χ2n) is 2.37. The number of nitrogens with one attached hydrogen (secondary N) is 1. The van der Waals surface area contributed by atoms with E-state index in [1.807, 2.05) is 7.05 Å². The van der Waals surface area contributed by atoms with Crippen LogP contribution in [0.3, 0.4) is 0 Å². The van der Waals surface area contributed by atoms with Crippen molar-refractivity contribution < 1.29 is 0 Å². The van der Waals surface area contributed by atoms with Gasteiger partial charge in [0.25, 0.3) is 0 Å². The lowest BCUT2D eigenvalue weighted by Gasteiger charge is -2.18. The van der Waals surface area contributed by atoms with Crippen LogP contribution in [0.4, 0.5) is 0 Å². The maximum atomic E-state index is 3.11. The van der Waals surface area contributed by atoms with Gasteiger partial charge in [-0.1, -0.05) is 0 Å². The summed E-state index contributed by atoms with van der Waals surface area (Å²) in [6, 6.07) is 0. The number of hydrogen-bond donors (Lipinski definition) is 1. The quantitative estimate of drug-likeness (QED) is 0.460. The van der Waals surface area contributed by atoms with E-state index in [1.165, 1.54) is 0 Å². The molecule has 0 rings (SSSR count). The van der Waals surface area contributed by atoms with E-state index >= 15 is 0 Å². The molecule has 8 heavy (non-hydrogen) atoms. The highest BCUT2D eigenvalue weighted by Crippen LogP contribution is 1.81. The largest absolute Gasteiger partial charge is 0.319 e. The smallest absolute Gasteiger partial charge is 0.125 e. The van der Waals surface area contributed by atoms with E-state index in [4.69, 9.17) is 0 Å². The summed E-state index contributed by atoms with van der Waals surface area (Å²) in [4.78, 5) is 2.19. The average Bonchev–Trinajstić information content (AvgIpc) is 1.67. The lowest BCUT2D eigenvalue weighted by molar-refractivity contribution is 0.368. The number of likely N-dealkylation sites (N-methyl/N-ethyl adjacent to an activating group) is 2. The molecular formula is C5H15BN2. The van der Waals surface area contributed by atoms with Gasteiger partial charge in [-0.2, -0.15) is 0 Å². The van der Waals surface area contributed by atoms with Gasteiger partial charge in [0.2, 0.25) is 0 Å². The van der Waals surface area contributed by atoms with Crippen LogP contribution in [0.1, 0.15) is 0 Å². The first-order chi connectivity index (χ1) is 3.68. The van der Waals surface area contributed by atoms with E-state index in [1.54, 1.807) is 0 Å². The van der Waals surface area contributed by atoms with E-state index in [-0.39, 0.29) is 0 Å². The van der Waals surface area contributed by atoms with Gasteiger partial charge in [-0.05, 0) is 27.1 Å². The van der Waals surface area contributed by atoms with E-state index in [0.717, 1.165) is 6.54 Å². The summed E-state index contributed by atoms with van der Waals surface area (Å²) in [5, 5.41) is 3.11. The minimum absolute atomic E-state index is 0.639. The number of hydrogen-bond acceptors (Lipinski definition) is 2. The Morgan fingerprint density at radius 1 is 1.62 bits per heavy atom. The maximum Gasteiger partial charge on any atom is 0.125 e. The van der Waals surface area contributed by atoms with Crippen molar-refractivity contribution in [3.63, 3.8) is 0 Å². The third-order valence-electron chi connectivity index (χ3n) is 1.38. The molecule has 1 atom stereocenters. The van der Waals surface area contributed by atoms with Crippen molar-refractivity contribution in [1.29, 1.82) is 0 Å². The zero-order valence-electron chi connectivity index (χ0n) is 6.23. The van der Waals surface area contributed by atoms with Crippen LogP contribution in [-0.2, 0) is 0 Å². The molecule has 0 heterocycles. The molecule has 3 heteroatoms. The van der Waals surface area contributed by atoms with Crippen LogP contribution in [0.5, 0.6) is 0 Å². The van der Waals surface area contributed by atoms with Crippen molar-refractivity contribution in [3.05, 3.63) is 0 Å². The Hall–Kier alpha value is -0.0151. The molecule has 2 nitrogen and oxygen atoms in total. The molecule has 0 bridgehead atoms. The van der Waals surface area contributed by atoms with Crippen molar-refractivity contribution in [2.45, 2.75) is 5.94 Å². The molecule has 0 aromatic carbocycles. The fourth-order valence-electron chi connectivity index (χ4n) is 0.478. The molecule has 0 aromatic rings. The highest BCUT2D eigenvalue weighted by Gasteiger charge is 1.99. The average molecular weight is 114 g/mol. The highest BCUT2D eigenvalue weighted by molar-refractivity contribution is 6.11. The molecule has 0 aliphatic heterocycles. The highest BCUT2D eigenvalue weighted by atomic mass is 15.1. The number of rotatable bonds is 3. The zero-order chi connectivity index (χ0) is 6.57. The van der Waals surface area contributed by atoms with Gasteiger partial charge in [-0.15, -0.1) is 0 Å². The van der Waals surface area contributed by atoms with Gasteiger partial charge in [0.1, 0.15) is 7.85 Å². The Morgan fingerprint density at radius 2 is 2.12 bits per heavy atom. The van der Waals surface area contributed by atoms with Gasteiger partial charge in [-0.3, -0.25) is 0 Å². The Balaban J connectivity index is 3.17. The maximum absolute atomic E-state index is 3.11. The summed E-state index contributed by atoms with van der Waals surface area (Å²) in [5.74, 6) is 0.639. The summed E-state index contributed by atoms with van der Waals surface area (Å²) in [6.45, 7) is 1.06. The summed E-state index contributed by atoms with van der Waals surface area (Å²) in [6.07, 6.45) is 0. The molecule has 0 aromatic heterocycles. The number of nitrogens with zero attached hydrogens (tertiary/aromatic N) is 1. The first kappa shape index (κ1) is 7.98. The second-order valence-corrected chi connectivity index (χ2v) is 2.37. The van der Waals surface area contributed by atoms with E-state index < -0.39 is 0 Å². The molecule has 0 amide bonds. The molecule has 0 saturated heterocycles. The fraction of sp³-hybridized carbons (Fsp3) is 1.00. The first-order valence-corrected chi connectivity index (χ1v) is 2.99. The van der Waals surface area contributed by atoms with Crippen LogP contribution < -0.4 is 5.32 Å². The van der Waals surface area contributed by atoms with Gasteiger partial charge >= 0.3 is 0 Å². The SMILES string of the molecule is BC(CNC)N(C)C. The van der Waals surface area contributed by atoms with Crippen molar-refractivity contribution in [3.8, 4) is 0 Å². The van der Waals surface area contributed by atoms with Crippen LogP contribution in [0.25, 0.3) is 0 Å². The van der Waals surface area contributed by atoms with E-state index in [2.05, 4.69) is 32.2 Å². The van der Waals surface area contributed by atoms with Crippen molar-refractivity contribution in [2.24, 2.45) is 0 Å². The molecule has 0 saturated carbocycles. The molecule has 1 unspecified atom stereocenters. The van der Waals surface area contributed by atoms with Crippen LogP contribution in [0.15, 0.2) is 0 Å². The summed E-state index contributed by atoms with van der Waals surface area (Å²) >= 11 is 0. The Kier molecular flexibility index (Phi) is 3.92. The molecule has 48 valence electrons. The summed E-state index contributed by atoms with van der Waals surface area (Å²) in [7, 11) is 8.33. The molecule has 0 spiro atoms. The van der Waals surface area contributed by atoms with Crippen LogP contribution >= 0.6 is 0 Å². The Morgan fingerprint density at radius 3 is 2.25 bits per heavy atom. The summed E-state index contributed by atoms with van der Waals surface area (Å²) < 4.78 is 0. The Labute approximate surface area is 52.7 Å². The predicted molar refractivity (Wildman–Crippen MR) is 39.9 cm³/mol. The normalized spacial score (nSPS) is 14.5. The van der Waals surface area contributed by atoms with Crippen LogP contribution in [0, 0.1) is 0 Å². The topological polar surface area (TPSA) is 15.3 Å². The first-order valence-electron chi connectivity index (χ1n) is 2.99. The van der Waals surface area contributed by atoms with Gasteiger partial charge in [0.15, 0.2) is 0 Å². The lowest BCUT2D eigenvalue weighted by Crippen LogP contribution is -2.36.